The van der Waals surface area contributed by atoms with Crippen LogP contribution in [0.4, 0.5) is 0 Å². The van der Waals surface area contributed by atoms with E-state index in [1.54, 1.807) is 20.0 Å². The van der Waals surface area contributed by atoms with Gasteiger partial charge in [0.25, 0.3) is 0 Å². The maximum absolute atomic E-state index is 12.8. The summed E-state index contributed by atoms with van der Waals surface area (Å²) in [6.07, 6.45) is 5.69. The number of hydrogen-bond acceptors (Lipinski definition) is 5. The highest BCUT2D eigenvalue weighted by Crippen LogP contribution is 2.28. The summed E-state index contributed by atoms with van der Waals surface area (Å²) < 4.78 is 10.5. The number of ether oxygens (including phenoxy) is 2. The maximum Gasteiger partial charge on any atom is 0.320 e. The van der Waals surface area contributed by atoms with Crippen LogP contribution in [-0.4, -0.2) is 38.2 Å². The van der Waals surface area contributed by atoms with Crippen molar-refractivity contribution in [2.75, 3.05) is 13.2 Å². The van der Waals surface area contributed by atoms with Crippen LogP contribution in [0.5, 0.6) is 0 Å². The zero-order chi connectivity index (χ0) is 22.0. The fourth-order valence-electron chi connectivity index (χ4n) is 3.46. The van der Waals surface area contributed by atoms with Crippen molar-refractivity contribution >= 4 is 31.4 Å². The summed E-state index contributed by atoms with van der Waals surface area (Å²) in [5, 5.41) is 1.04. The molecule has 6 heteroatoms. The van der Waals surface area contributed by atoms with Gasteiger partial charge in [0.05, 0.1) is 13.2 Å². The molecule has 1 aromatic heterocycles. The number of carbonyl (C=O) groups is 2. The normalized spacial score (nSPS) is 12.7. The summed E-state index contributed by atoms with van der Waals surface area (Å²) >= 11 is 0. The van der Waals surface area contributed by atoms with Crippen molar-refractivity contribution in [1.82, 2.24) is 4.98 Å². The average Bonchev–Trinajstić information content (AvgIpc) is 2.74. The molecule has 1 heterocycles. The first kappa shape index (κ1) is 23.5. The van der Waals surface area contributed by atoms with E-state index in [0.29, 0.717) is 6.04 Å². The second-order valence-electron chi connectivity index (χ2n) is 7.72. The Hall–Kier alpha value is -2.73. The van der Waals surface area contributed by atoms with E-state index in [0.717, 1.165) is 10.9 Å². The summed E-state index contributed by atoms with van der Waals surface area (Å²) in [4.78, 5) is 30.1. The minimum absolute atomic E-state index is 0.213. The number of aromatic nitrogens is 1. The molecular formula is C24H31NO4Si. The van der Waals surface area contributed by atoms with Crippen LogP contribution in [0.2, 0.25) is 19.1 Å². The van der Waals surface area contributed by atoms with Crippen molar-refractivity contribution in [2.45, 2.75) is 33.0 Å². The standard InChI is InChI=1S/C24H31NO4Si/c1-5-28-23(26)22(24(27)29-6-2)20(16-15-19-12-8-7-9-13-19)18-30(3,4)21-14-10-11-17-25-21/h7-17,20,22H,5-6,18H2,1-4H3/b16-15+. The summed E-state index contributed by atoms with van der Waals surface area (Å²) in [6.45, 7) is 8.30. The monoisotopic (exact) mass is 425 g/mol. The Morgan fingerprint density at radius 2 is 1.57 bits per heavy atom. The number of esters is 2. The van der Waals surface area contributed by atoms with Gasteiger partial charge in [-0.05, 0) is 43.5 Å². The molecule has 1 atom stereocenters. The van der Waals surface area contributed by atoms with E-state index in [2.05, 4.69) is 18.1 Å². The van der Waals surface area contributed by atoms with E-state index < -0.39 is 25.9 Å². The summed E-state index contributed by atoms with van der Waals surface area (Å²) in [6, 6.07) is 16.4. The molecule has 5 nitrogen and oxygen atoms in total. The van der Waals surface area contributed by atoms with Gasteiger partial charge in [0.15, 0.2) is 5.92 Å². The van der Waals surface area contributed by atoms with Crippen molar-refractivity contribution in [2.24, 2.45) is 11.8 Å². The van der Waals surface area contributed by atoms with E-state index in [-0.39, 0.29) is 19.1 Å². The topological polar surface area (TPSA) is 65.5 Å². The highest BCUT2D eigenvalue weighted by atomic mass is 28.3. The molecule has 0 saturated carbocycles. The highest BCUT2D eigenvalue weighted by molar-refractivity contribution is 6.89. The molecule has 0 aliphatic carbocycles. The Labute approximate surface area is 180 Å². The van der Waals surface area contributed by atoms with Gasteiger partial charge in [0.2, 0.25) is 0 Å². The molecule has 0 amide bonds. The molecule has 0 bridgehead atoms. The number of rotatable bonds is 10. The summed E-state index contributed by atoms with van der Waals surface area (Å²) in [5.74, 6) is -2.43. The van der Waals surface area contributed by atoms with Gasteiger partial charge in [-0.15, -0.1) is 0 Å². The molecular weight excluding hydrogens is 394 g/mol. The Balaban J connectivity index is 2.42. The molecule has 0 saturated heterocycles. The van der Waals surface area contributed by atoms with Gasteiger partial charge in [0, 0.05) is 11.5 Å². The summed E-state index contributed by atoms with van der Waals surface area (Å²) in [7, 11) is -2.06. The predicted molar refractivity (Wildman–Crippen MR) is 122 cm³/mol. The molecule has 0 N–H and O–H groups in total. The van der Waals surface area contributed by atoms with E-state index in [1.807, 2.05) is 60.7 Å². The lowest BCUT2D eigenvalue weighted by molar-refractivity contribution is -0.163. The molecule has 2 rings (SSSR count). The number of benzene rings is 1. The first-order valence-electron chi connectivity index (χ1n) is 10.4. The number of hydrogen-bond donors (Lipinski definition) is 0. The third-order valence-corrected chi connectivity index (χ3v) is 8.12. The molecule has 1 aromatic carbocycles. The van der Waals surface area contributed by atoms with Gasteiger partial charge >= 0.3 is 11.9 Å². The van der Waals surface area contributed by atoms with Gasteiger partial charge in [-0.1, -0.05) is 61.6 Å². The largest absolute Gasteiger partial charge is 0.465 e. The fraction of sp³-hybridized carbons (Fsp3) is 0.375. The number of nitrogens with zero attached hydrogens (tertiary/aromatic N) is 1. The van der Waals surface area contributed by atoms with Crippen LogP contribution in [0.15, 0.2) is 60.8 Å². The zero-order valence-electron chi connectivity index (χ0n) is 18.2. The van der Waals surface area contributed by atoms with Crippen LogP contribution < -0.4 is 5.32 Å². The molecule has 0 aliphatic heterocycles. The number of carbonyl (C=O) groups excluding carboxylic acids is 2. The second kappa shape index (κ2) is 11.5. The molecule has 0 radical (unpaired) electrons. The van der Waals surface area contributed by atoms with E-state index in [9.17, 15) is 9.59 Å². The highest BCUT2D eigenvalue weighted by Gasteiger charge is 2.40. The van der Waals surface area contributed by atoms with Gasteiger partial charge < -0.3 is 9.47 Å². The van der Waals surface area contributed by atoms with Gasteiger partial charge in [-0.25, -0.2) is 0 Å². The Bertz CT molecular complexity index is 819. The SMILES string of the molecule is CCOC(=O)C(C(=O)OCC)C(/C=C/c1ccccc1)C[Si](C)(C)c1ccccn1. The first-order chi connectivity index (χ1) is 14.4. The molecule has 0 aliphatic rings. The minimum Gasteiger partial charge on any atom is -0.465 e. The molecule has 160 valence electrons. The van der Waals surface area contributed by atoms with Crippen LogP contribution in [-0.2, 0) is 19.1 Å². The number of pyridine rings is 1. The lowest BCUT2D eigenvalue weighted by atomic mass is 9.92. The van der Waals surface area contributed by atoms with Gasteiger partial charge in [-0.2, -0.15) is 0 Å². The van der Waals surface area contributed by atoms with Gasteiger partial charge in [0.1, 0.15) is 8.07 Å². The molecule has 1 unspecified atom stereocenters. The Morgan fingerprint density at radius 3 is 2.10 bits per heavy atom. The first-order valence-corrected chi connectivity index (χ1v) is 13.6. The van der Waals surface area contributed by atoms with Crippen molar-refractivity contribution < 1.29 is 19.1 Å². The third-order valence-electron chi connectivity index (χ3n) is 4.95. The van der Waals surface area contributed by atoms with Gasteiger partial charge in [-0.3, -0.25) is 14.6 Å². The smallest absolute Gasteiger partial charge is 0.320 e. The second-order valence-corrected chi connectivity index (χ2v) is 12.4. The molecule has 2 aromatic rings. The number of allylic oxidation sites excluding steroid dienone is 1. The third kappa shape index (κ3) is 6.66. The Morgan fingerprint density at radius 1 is 0.967 bits per heavy atom. The quantitative estimate of drug-likeness (QED) is 0.326. The molecule has 30 heavy (non-hydrogen) atoms. The summed E-state index contributed by atoms with van der Waals surface area (Å²) in [5.41, 5.74) is 1.01. The van der Waals surface area contributed by atoms with Crippen LogP contribution >= 0.6 is 0 Å². The van der Waals surface area contributed by atoms with Crippen LogP contribution in [0.1, 0.15) is 19.4 Å². The van der Waals surface area contributed by atoms with Crippen LogP contribution in [0, 0.1) is 11.8 Å². The van der Waals surface area contributed by atoms with Crippen molar-refractivity contribution in [3.63, 3.8) is 0 Å². The van der Waals surface area contributed by atoms with Crippen LogP contribution in [0.25, 0.3) is 6.08 Å². The Kier molecular flexibility index (Phi) is 8.99. The van der Waals surface area contributed by atoms with Crippen molar-refractivity contribution in [3.05, 3.63) is 66.4 Å². The van der Waals surface area contributed by atoms with E-state index in [1.165, 1.54) is 0 Å². The predicted octanol–water partition coefficient (Wildman–Crippen LogP) is 4.07. The van der Waals surface area contributed by atoms with Crippen LogP contribution in [0.3, 0.4) is 0 Å². The maximum atomic E-state index is 12.8. The lowest BCUT2D eigenvalue weighted by Gasteiger charge is -2.29. The average molecular weight is 426 g/mol. The zero-order valence-corrected chi connectivity index (χ0v) is 19.2. The fourth-order valence-corrected chi connectivity index (χ4v) is 6.19. The molecule has 0 spiro atoms. The molecule has 0 fully saturated rings. The minimum atomic E-state index is -2.06. The van der Waals surface area contributed by atoms with Crippen molar-refractivity contribution in [3.8, 4) is 0 Å². The lowest BCUT2D eigenvalue weighted by Crippen LogP contribution is -2.47. The van der Waals surface area contributed by atoms with E-state index in [4.69, 9.17) is 9.47 Å². The van der Waals surface area contributed by atoms with E-state index >= 15 is 0 Å². The van der Waals surface area contributed by atoms with Crippen molar-refractivity contribution in [1.29, 1.82) is 0 Å².